The predicted molar refractivity (Wildman–Crippen MR) is 75.6 cm³/mol. The summed E-state index contributed by atoms with van der Waals surface area (Å²) in [4.78, 5) is 0. The van der Waals surface area contributed by atoms with E-state index in [1.165, 1.54) is 16.3 Å². The van der Waals surface area contributed by atoms with Crippen LogP contribution in [0.5, 0.6) is 0 Å². The first-order valence-corrected chi connectivity index (χ1v) is 6.31. The fraction of sp³-hybridized carbons (Fsp3) is 0.333. The van der Waals surface area contributed by atoms with E-state index in [2.05, 4.69) is 53.1 Å². The molecule has 18 heavy (non-hydrogen) atoms. The summed E-state index contributed by atoms with van der Waals surface area (Å²) in [5.41, 5.74) is 1.27. The summed E-state index contributed by atoms with van der Waals surface area (Å²) in [6, 6.07) is 14.7. The predicted octanol–water partition coefficient (Wildman–Crippen LogP) is 1.51. The lowest BCUT2D eigenvalue weighted by atomic mass is 10.0. The van der Waals surface area contributed by atoms with Crippen LogP contribution in [0.15, 0.2) is 42.5 Å². The van der Waals surface area contributed by atoms with Crippen molar-refractivity contribution in [2.45, 2.75) is 12.6 Å². The molecule has 0 fully saturated rings. The lowest BCUT2D eigenvalue weighted by molar-refractivity contribution is 0.171. The zero-order chi connectivity index (χ0) is 12.8. The van der Waals surface area contributed by atoms with Crippen LogP contribution in [0.2, 0.25) is 0 Å². The van der Waals surface area contributed by atoms with Gasteiger partial charge in [0.25, 0.3) is 0 Å². The average molecular weight is 244 g/mol. The highest BCUT2D eigenvalue weighted by Crippen LogP contribution is 2.17. The molecule has 1 unspecified atom stereocenters. The normalized spacial score (nSPS) is 12.8. The fourth-order valence-corrected chi connectivity index (χ4v) is 2.13. The molecule has 0 spiro atoms. The van der Waals surface area contributed by atoms with Gasteiger partial charge in [-0.3, -0.25) is 0 Å². The smallest absolute Gasteiger partial charge is 0.0788 e. The molecule has 2 rings (SSSR count). The van der Waals surface area contributed by atoms with Crippen LogP contribution in [0.25, 0.3) is 10.8 Å². The molecule has 0 amide bonds. The highest BCUT2D eigenvalue weighted by molar-refractivity contribution is 5.85. The van der Waals surface area contributed by atoms with Crippen molar-refractivity contribution in [1.82, 2.24) is 10.6 Å². The Labute approximate surface area is 108 Å². The van der Waals surface area contributed by atoms with E-state index >= 15 is 0 Å². The van der Waals surface area contributed by atoms with Crippen molar-refractivity contribution in [3.8, 4) is 0 Å². The Bertz CT molecular complexity index is 493. The van der Waals surface area contributed by atoms with Gasteiger partial charge in [0.1, 0.15) is 0 Å². The van der Waals surface area contributed by atoms with Gasteiger partial charge in [-0.05, 0) is 23.4 Å². The summed E-state index contributed by atoms with van der Waals surface area (Å²) in [5.74, 6) is 0. The van der Waals surface area contributed by atoms with Crippen LogP contribution in [0.1, 0.15) is 5.56 Å². The van der Waals surface area contributed by atoms with E-state index in [-0.39, 0.29) is 6.10 Å². The second-order valence-electron chi connectivity index (χ2n) is 4.48. The van der Waals surface area contributed by atoms with Crippen LogP contribution in [-0.4, -0.2) is 31.3 Å². The van der Waals surface area contributed by atoms with Crippen LogP contribution in [0, 0.1) is 0 Å². The van der Waals surface area contributed by atoms with E-state index in [0.29, 0.717) is 13.1 Å². The van der Waals surface area contributed by atoms with Gasteiger partial charge < -0.3 is 15.7 Å². The van der Waals surface area contributed by atoms with E-state index in [4.69, 9.17) is 0 Å². The molecule has 0 saturated heterocycles. The number of fused-ring (bicyclic) bond motifs is 1. The van der Waals surface area contributed by atoms with Crippen molar-refractivity contribution in [3.63, 3.8) is 0 Å². The van der Waals surface area contributed by atoms with Crippen LogP contribution in [0.4, 0.5) is 0 Å². The Morgan fingerprint density at radius 3 is 2.67 bits per heavy atom. The lowest BCUT2D eigenvalue weighted by Crippen LogP contribution is -2.33. The van der Waals surface area contributed by atoms with Gasteiger partial charge in [-0.25, -0.2) is 0 Å². The minimum atomic E-state index is -0.343. The molecule has 0 heterocycles. The number of aliphatic hydroxyl groups excluding tert-OH is 1. The molecule has 2 aromatic rings. The molecule has 3 heteroatoms. The van der Waals surface area contributed by atoms with E-state index in [1.807, 2.05) is 7.05 Å². The summed E-state index contributed by atoms with van der Waals surface area (Å²) in [6.07, 6.45) is -0.343. The van der Waals surface area contributed by atoms with Crippen LogP contribution in [-0.2, 0) is 6.54 Å². The number of aliphatic hydroxyl groups is 1. The first-order chi connectivity index (χ1) is 8.81. The highest BCUT2D eigenvalue weighted by atomic mass is 16.3. The number of benzene rings is 2. The second kappa shape index (κ2) is 6.50. The highest BCUT2D eigenvalue weighted by Gasteiger charge is 2.03. The molecule has 0 bridgehead atoms. The molecular formula is C15H20N2O. The fourth-order valence-electron chi connectivity index (χ4n) is 2.13. The Morgan fingerprint density at radius 1 is 1.06 bits per heavy atom. The van der Waals surface area contributed by atoms with E-state index in [0.717, 1.165) is 6.54 Å². The molecule has 0 aliphatic carbocycles. The summed E-state index contributed by atoms with van der Waals surface area (Å²) in [5, 5.41) is 18.4. The summed E-state index contributed by atoms with van der Waals surface area (Å²) in [7, 11) is 1.84. The molecule has 0 radical (unpaired) electrons. The van der Waals surface area contributed by atoms with Gasteiger partial charge >= 0.3 is 0 Å². The molecule has 0 aromatic heterocycles. The number of likely N-dealkylation sites (N-methyl/N-ethyl adjacent to an activating group) is 1. The number of hydrogen-bond donors (Lipinski definition) is 3. The van der Waals surface area contributed by atoms with Gasteiger partial charge in [-0.1, -0.05) is 42.5 Å². The maximum atomic E-state index is 9.62. The average Bonchev–Trinajstić information content (AvgIpc) is 2.39. The third-order valence-electron chi connectivity index (χ3n) is 3.02. The summed E-state index contributed by atoms with van der Waals surface area (Å²) in [6.45, 7) is 1.99. The van der Waals surface area contributed by atoms with Crippen molar-refractivity contribution in [2.75, 3.05) is 20.1 Å². The molecule has 3 nitrogen and oxygen atoms in total. The van der Waals surface area contributed by atoms with Crippen molar-refractivity contribution < 1.29 is 5.11 Å². The Balaban J connectivity index is 1.99. The van der Waals surface area contributed by atoms with Crippen LogP contribution >= 0.6 is 0 Å². The molecule has 2 aromatic carbocycles. The van der Waals surface area contributed by atoms with E-state index in [9.17, 15) is 5.11 Å². The number of rotatable bonds is 6. The topological polar surface area (TPSA) is 44.3 Å². The maximum Gasteiger partial charge on any atom is 0.0788 e. The molecule has 0 aliphatic heterocycles. The van der Waals surface area contributed by atoms with Crippen molar-refractivity contribution in [2.24, 2.45) is 0 Å². The van der Waals surface area contributed by atoms with Gasteiger partial charge in [0.2, 0.25) is 0 Å². The van der Waals surface area contributed by atoms with Crippen LogP contribution < -0.4 is 10.6 Å². The zero-order valence-electron chi connectivity index (χ0n) is 10.7. The number of hydrogen-bond acceptors (Lipinski definition) is 3. The van der Waals surface area contributed by atoms with Gasteiger partial charge in [-0.2, -0.15) is 0 Å². The monoisotopic (exact) mass is 244 g/mol. The Kier molecular flexibility index (Phi) is 4.70. The largest absolute Gasteiger partial charge is 0.390 e. The molecule has 0 aliphatic rings. The maximum absolute atomic E-state index is 9.62. The minimum absolute atomic E-state index is 0.343. The standard InChI is InChI=1S/C15H20N2O/c1-16-10-14(18)11-17-9-13-7-4-6-12-5-2-3-8-15(12)13/h2-8,14,16-18H,9-11H2,1H3. The van der Waals surface area contributed by atoms with E-state index in [1.54, 1.807) is 0 Å². The van der Waals surface area contributed by atoms with Crippen molar-refractivity contribution in [1.29, 1.82) is 0 Å². The van der Waals surface area contributed by atoms with Crippen molar-refractivity contribution >= 4 is 10.8 Å². The molecule has 1 atom stereocenters. The third-order valence-corrected chi connectivity index (χ3v) is 3.02. The quantitative estimate of drug-likeness (QED) is 0.721. The van der Waals surface area contributed by atoms with Gasteiger partial charge in [-0.15, -0.1) is 0 Å². The second-order valence-corrected chi connectivity index (χ2v) is 4.48. The zero-order valence-corrected chi connectivity index (χ0v) is 10.7. The number of nitrogens with one attached hydrogen (secondary N) is 2. The minimum Gasteiger partial charge on any atom is -0.390 e. The molecule has 0 saturated carbocycles. The molecule has 96 valence electrons. The first kappa shape index (κ1) is 13.0. The third kappa shape index (κ3) is 3.29. The van der Waals surface area contributed by atoms with Crippen molar-refractivity contribution in [3.05, 3.63) is 48.0 Å². The SMILES string of the molecule is CNCC(O)CNCc1cccc2ccccc12. The first-order valence-electron chi connectivity index (χ1n) is 6.31. The summed E-state index contributed by atoms with van der Waals surface area (Å²) < 4.78 is 0. The van der Waals surface area contributed by atoms with Gasteiger partial charge in [0.05, 0.1) is 6.10 Å². The van der Waals surface area contributed by atoms with Gasteiger partial charge in [0.15, 0.2) is 0 Å². The Morgan fingerprint density at radius 2 is 1.83 bits per heavy atom. The van der Waals surface area contributed by atoms with Gasteiger partial charge in [0, 0.05) is 19.6 Å². The Hall–Kier alpha value is -1.42. The molecular weight excluding hydrogens is 224 g/mol. The molecule has 3 N–H and O–H groups in total. The lowest BCUT2D eigenvalue weighted by Gasteiger charge is -2.12. The van der Waals surface area contributed by atoms with E-state index < -0.39 is 0 Å². The van der Waals surface area contributed by atoms with Crippen LogP contribution in [0.3, 0.4) is 0 Å². The summed E-state index contributed by atoms with van der Waals surface area (Å²) >= 11 is 0.